The van der Waals surface area contributed by atoms with Gasteiger partial charge in [-0.05, 0) is 99.0 Å². The lowest BCUT2D eigenvalue weighted by Crippen LogP contribution is -2.46. The molecule has 2 atom stereocenters. The van der Waals surface area contributed by atoms with Gasteiger partial charge in [0.15, 0.2) is 0 Å². The van der Waals surface area contributed by atoms with Gasteiger partial charge in [-0.1, -0.05) is 43.2 Å². The van der Waals surface area contributed by atoms with Crippen LogP contribution in [-0.4, -0.2) is 31.2 Å². The highest BCUT2D eigenvalue weighted by Crippen LogP contribution is 2.42. The van der Waals surface area contributed by atoms with Gasteiger partial charge in [0.1, 0.15) is 0 Å². The smallest absolute Gasteiger partial charge is 0.382 e. The van der Waals surface area contributed by atoms with Crippen molar-refractivity contribution in [2.75, 3.05) is 17.2 Å². The number of carbonyl (C=O) groups is 1. The van der Waals surface area contributed by atoms with Gasteiger partial charge in [0.25, 0.3) is 0 Å². The van der Waals surface area contributed by atoms with E-state index in [1.165, 1.54) is 36.2 Å². The Labute approximate surface area is 251 Å². The number of halogens is 3. The van der Waals surface area contributed by atoms with Crippen LogP contribution in [0.5, 0.6) is 0 Å². The molecule has 2 aliphatic rings. The minimum Gasteiger partial charge on any atom is -0.382 e. The van der Waals surface area contributed by atoms with Gasteiger partial charge in [-0.2, -0.15) is 17.5 Å². The third-order valence-electron chi connectivity index (χ3n) is 8.64. The zero-order valence-corrected chi connectivity index (χ0v) is 25.5. The van der Waals surface area contributed by atoms with Crippen molar-refractivity contribution in [1.29, 1.82) is 0 Å². The Hall–Kier alpha value is -3.37. The van der Waals surface area contributed by atoms with Crippen molar-refractivity contribution < 1.29 is 26.4 Å². The van der Waals surface area contributed by atoms with Crippen molar-refractivity contribution in [3.8, 4) is 0 Å². The second-order valence-corrected chi connectivity index (χ2v) is 13.7. The van der Waals surface area contributed by atoms with Gasteiger partial charge in [0.05, 0.1) is 22.4 Å². The minimum absolute atomic E-state index is 0.0206. The van der Waals surface area contributed by atoms with Crippen LogP contribution in [0.4, 0.5) is 24.5 Å². The SMILES string of the molecule is Cc1ccc(C)c(S(=O)(=O)N2CCC[C@H](C(=O)Nc3ccc(C)c(C(F)(F)F)c3)[C@@H]2c2ccc(NC3CCCC3)cc2)c1. The molecule has 3 aromatic carbocycles. The monoisotopic (exact) mass is 613 g/mol. The molecule has 0 radical (unpaired) electrons. The van der Waals surface area contributed by atoms with Gasteiger partial charge in [-0.25, -0.2) is 8.42 Å². The van der Waals surface area contributed by atoms with Crippen molar-refractivity contribution in [1.82, 2.24) is 4.31 Å². The molecule has 0 aromatic heterocycles. The summed E-state index contributed by atoms with van der Waals surface area (Å²) in [6.45, 7) is 5.16. The number of nitrogens with zero attached hydrogens (tertiary/aromatic N) is 1. The zero-order chi connectivity index (χ0) is 30.9. The highest BCUT2D eigenvalue weighted by atomic mass is 32.2. The number of hydrogen-bond donors (Lipinski definition) is 2. The average Bonchev–Trinajstić information content (AvgIpc) is 3.48. The number of rotatable bonds is 7. The van der Waals surface area contributed by atoms with Crippen molar-refractivity contribution in [3.05, 3.63) is 88.5 Å². The summed E-state index contributed by atoms with van der Waals surface area (Å²) in [5.74, 6) is -1.34. The number of amides is 1. The molecule has 1 aliphatic heterocycles. The first-order valence-corrected chi connectivity index (χ1v) is 16.2. The molecule has 0 unspecified atom stereocenters. The third kappa shape index (κ3) is 6.75. The van der Waals surface area contributed by atoms with E-state index < -0.39 is 39.6 Å². The number of nitrogens with one attached hydrogen (secondary N) is 2. The Bertz CT molecular complexity index is 1580. The van der Waals surface area contributed by atoms with Crippen LogP contribution >= 0.6 is 0 Å². The summed E-state index contributed by atoms with van der Waals surface area (Å²) in [5.41, 5.74) is 2.24. The highest BCUT2D eigenvalue weighted by molar-refractivity contribution is 7.89. The van der Waals surface area contributed by atoms with Gasteiger partial charge in [0, 0.05) is 24.0 Å². The molecule has 1 saturated heterocycles. The quantitative estimate of drug-likeness (QED) is 0.286. The summed E-state index contributed by atoms with van der Waals surface area (Å²) >= 11 is 0. The molecule has 2 N–H and O–H groups in total. The van der Waals surface area contributed by atoms with E-state index >= 15 is 0 Å². The number of sulfonamides is 1. The molecule has 0 spiro atoms. The summed E-state index contributed by atoms with van der Waals surface area (Å²) in [6, 6.07) is 16.0. The van der Waals surface area contributed by atoms with Crippen molar-refractivity contribution in [3.63, 3.8) is 0 Å². The number of piperidine rings is 1. The van der Waals surface area contributed by atoms with Gasteiger partial charge >= 0.3 is 6.18 Å². The molecule has 1 saturated carbocycles. The Morgan fingerprint density at radius 1 is 0.837 bits per heavy atom. The largest absolute Gasteiger partial charge is 0.416 e. The maximum atomic E-state index is 14.2. The Morgan fingerprint density at radius 3 is 2.16 bits per heavy atom. The fraction of sp³-hybridized carbons (Fsp3) is 0.424. The van der Waals surface area contributed by atoms with E-state index in [0.717, 1.165) is 30.2 Å². The highest BCUT2D eigenvalue weighted by Gasteiger charge is 2.43. The summed E-state index contributed by atoms with van der Waals surface area (Å²) in [4.78, 5) is 14.0. The second-order valence-electron chi connectivity index (χ2n) is 11.8. The van der Waals surface area contributed by atoms with Crippen LogP contribution in [-0.2, 0) is 21.0 Å². The lowest BCUT2D eigenvalue weighted by molar-refractivity contribution is -0.138. The molecule has 1 heterocycles. The zero-order valence-electron chi connectivity index (χ0n) is 24.7. The van der Waals surface area contributed by atoms with E-state index in [9.17, 15) is 26.4 Å². The first kappa shape index (κ1) is 31.1. The number of hydrogen-bond acceptors (Lipinski definition) is 4. The van der Waals surface area contributed by atoms with Crippen LogP contribution in [0.25, 0.3) is 0 Å². The fourth-order valence-corrected chi connectivity index (χ4v) is 8.34. The normalized spacial score (nSPS) is 20.2. The van der Waals surface area contributed by atoms with E-state index in [1.807, 2.05) is 37.3 Å². The average molecular weight is 614 g/mol. The standard InChI is InChI=1S/C33H38F3N3O3S/c1-21-10-11-23(3)30(19-21)43(41,42)39-18-6-9-28(32(40)38-27-15-12-22(2)29(20-27)33(34,35)36)31(39)24-13-16-26(17-14-24)37-25-7-4-5-8-25/h10-17,19-20,25,28,31,37H,4-9,18H2,1-3H3,(H,38,40)/t28-,31-/m0/s1. The van der Waals surface area contributed by atoms with Crippen molar-refractivity contribution in [2.45, 2.75) is 82.5 Å². The molecule has 10 heteroatoms. The van der Waals surface area contributed by atoms with E-state index in [-0.39, 0.29) is 22.7 Å². The first-order valence-electron chi connectivity index (χ1n) is 14.8. The molecule has 0 bridgehead atoms. The number of benzene rings is 3. The van der Waals surface area contributed by atoms with Gasteiger partial charge in [-0.15, -0.1) is 0 Å². The molecule has 6 nitrogen and oxygen atoms in total. The van der Waals surface area contributed by atoms with Crippen LogP contribution in [0.15, 0.2) is 65.6 Å². The summed E-state index contributed by atoms with van der Waals surface area (Å²) in [7, 11) is -4.02. The maximum absolute atomic E-state index is 14.2. The lowest BCUT2D eigenvalue weighted by atomic mass is 9.85. The molecular weight excluding hydrogens is 575 g/mol. The first-order chi connectivity index (χ1) is 20.3. The van der Waals surface area contributed by atoms with Crippen molar-refractivity contribution in [2.24, 2.45) is 5.92 Å². The topological polar surface area (TPSA) is 78.5 Å². The summed E-state index contributed by atoms with van der Waals surface area (Å²) in [6.07, 6.45) is 0.823. The molecular formula is C33H38F3N3O3S. The molecule has 3 aromatic rings. The summed E-state index contributed by atoms with van der Waals surface area (Å²) in [5, 5.41) is 6.21. The maximum Gasteiger partial charge on any atom is 0.416 e. The van der Waals surface area contributed by atoms with Gasteiger partial charge in [0.2, 0.25) is 15.9 Å². The fourth-order valence-electron chi connectivity index (χ4n) is 6.34. The number of aryl methyl sites for hydroxylation is 3. The third-order valence-corrected chi connectivity index (χ3v) is 10.7. The van der Waals surface area contributed by atoms with Crippen LogP contribution in [0, 0.1) is 26.7 Å². The van der Waals surface area contributed by atoms with Crippen molar-refractivity contribution >= 4 is 27.3 Å². The second kappa shape index (κ2) is 12.3. The Morgan fingerprint density at radius 2 is 1.49 bits per heavy atom. The van der Waals surface area contributed by atoms with Gasteiger partial charge < -0.3 is 10.6 Å². The molecule has 43 heavy (non-hydrogen) atoms. The number of carbonyl (C=O) groups excluding carboxylic acids is 1. The summed E-state index contributed by atoms with van der Waals surface area (Å²) < 4.78 is 70.6. The Balaban J connectivity index is 1.51. The van der Waals surface area contributed by atoms with Crippen LogP contribution in [0.3, 0.4) is 0 Å². The molecule has 1 aliphatic carbocycles. The van der Waals surface area contributed by atoms with Crippen LogP contribution < -0.4 is 10.6 Å². The molecule has 1 amide bonds. The lowest BCUT2D eigenvalue weighted by Gasteiger charge is -2.40. The number of anilines is 2. The predicted molar refractivity (Wildman–Crippen MR) is 162 cm³/mol. The van der Waals surface area contributed by atoms with E-state index in [2.05, 4.69) is 10.6 Å². The minimum atomic E-state index is -4.57. The van der Waals surface area contributed by atoms with Crippen LogP contribution in [0.2, 0.25) is 0 Å². The molecule has 2 fully saturated rings. The van der Waals surface area contributed by atoms with Crippen LogP contribution in [0.1, 0.15) is 72.4 Å². The Kier molecular flexibility index (Phi) is 8.90. The molecule has 230 valence electrons. The molecule has 5 rings (SSSR count). The van der Waals surface area contributed by atoms with Gasteiger partial charge in [-0.3, -0.25) is 4.79 Å². The van der Waals surface area contributed by atoms with E-state index in [0.29, 0.717) is 30.0 Å². The van der Waals surface area contributed by atoms with E-state index in [1.54, 1.807) is 19.1 Å². The van der Waals surface area contributed by atoms with E-state index in [4.69, 9.17) is 0 Å². The number of alkyl halides is 3. The predicted octanol–water partition coefficient (Wildman–Crippen LogP) is 7.77.